The summed E-state index contributed by atoms with van der Waals surface area (Å²) in [7, 11) is 6.10. The molecule has 0 spiro atoms. The Kier molecular flexibility index (Phi) is 7.43. The highest BCUT2D eigenvalue weighted by atomic mass is 16.4. The second-order valence-corrected chi connectivity index (χ2v) is 5.79. The summed E-state index contributed by atoms with van der Waals surface area (Å²) in [5, 5.41) is 12.5. The van der Waals surface area contributed by atoms with Crippen LogP contribution in [0.15, 0.2) is 0 Å². The van der Waals surface area contributed by atoms with Gasteiger partial charge in [-0.15, -0.1) is 0 Å². The summed E-state index contributed by atoms with van der Waals surface area (Å²) in [5.41, 5.74) is -0.847. The van der Waals surface area contributed by atoms with E-state index >= 15 is 0 Å². The van der Waals surface area contributed by atoms with E-state index in [2.05, 4.69) is 15.1 Å². The quantitative estimate of drug-likeness (QED) is 0.639. The predicted molar refractivity (Wildman–Crippen MR) is 75.0 cm³/mol. The summed E-state index contributed by atoms with van der Waals surface area (Å²) >= 11 is 0. The molecule has 0 aromatic rings. The number of hydrogen-bond donors (Lipinski definition) is 2. The van der Waals surface area contributed by atoms with E-state index in [9.17, 15) is 9.90 Å². The topological polar surface area (TPSA) is 55.8 Å². The van der Waals surface area contributed by atoms with Gasteiger partial charge >= 0.3 is 5.97 Å². The molecule has 0 rings (SSSR count). The number of hydrogen-bond acceptors (Lipinski definition) is 4. The Balaban J connectivity index is 4.23. The molecule has 18 heavy (non-hydrogen) atoms. The van der Waals surface area contributed by atoms with Gasteiger partial charge in [0.2, 0.25) is 0 Å². The molecule has 0 radical (unpaired) electrons. The predicted octanol–water partition coefficient (Wildman–Crippen LogP) is 0.711. The summed E-state index contributed by atoms with van der Waals surface area (Å²) < 4.78 is 0. The normalized spacial score (nSPS) is 15.4. The fourth-order valence-corrected chi connectivity index (χ4v) is 1.77. The van der Waals surface area contributed by atoms with Gasteiger partial charge in [-0.25, -0.2) is 0 Å². The van der Waals surface area contributed by atoms with E-state index in [1.807, 2.05) is 35.0 Å². The van der Waals surface area contributed by atoms with Crippen LogP contribution in [0.1, 0.15) is 27.2 Å². The number of nitrogens with zero attached hydrogens (tertiary/aromatic N) is 2. The molecule has 0 aliphatic rings. The van der Waals surface area contributed by atoms with Gasteiger partial charge < -0.3 is 14.9 Å². The van der Waals surface area contributed by atoms with Crippen molar-refractivity contribution < 1.29 is 9.90 Å². The molecule has 0 heterocycles. The monoisotopic (exact) mass is 259 g/mol. The fourth-order valence-electron chi connectivity index (χ4n) is 1.77. The first-order chi connectivity index (χ1) is 8.17. The Labute approximate surface area is 111 Å². The number of likely N-dealkylation sites (N-methyl/N-ethyl adjacent to an activating group) is 2. The third-order valence-electron chi connectivity index (χ3n) is 3.00. The number of carbonyl (C=O) groups is 1. The van der Waals surface area contributed by atoms with Crippen molar-refractivity contribution in [3.63, 3.8) is 0 Å². The highest BCUT2D eigenvalue weighted by Gasteiger charge is 2.33. The third kappa shape index (κ3) is 6.93. The van der Waals surface area contributed by atoms with Crippen LogP contribution >= 0.6 is 0 Å². The zero-order valence-corrected chi connectivity index (χ0v) is 12.7. The minimum Gasteiger partial charge on any atom is -0.480 e. The van der Waals surface area contributed by atoms with Gasteiger partial charge in [-0.1, -0.05) is 0 Å². The lowest BCUT2D eigenvalue weighted by Gasteiger charge is -2.30. The van der Waals surface area contributed by atoms with E-state index < -0.39 is 11.5 Å². The van der Waals surface area contributed by atoms with Gasteiger partial charge in [0.05, 0.1) is 0 Å². The molecule has 5 nitrogen and oxygen atoms in total. The third-order valence-corrected chi connectivity index (χ3v) is 3.00. The lowest BCUT2D eigenvalue weighted by Crippen LogP contribution is -2.53. The second-order valence-electron chi connectivity index (χ2n) is 5.79. The lowest BCUT2D eigenvalue weighted by molar-refractivity contribution is -0.144. The van der Waals surface area contributed by atoms with E-state index in [1.54, 1.807) is 6.92 Å². The van der Waals surface area contributed by atoms with Crippen LogP contribution in [0, 0.1) is 0 Å². The number of carboxylic acids is 1. The molecule has 0 aromatic heterocycles. The molecule has 1 unspecified atom stereocenters. The lowest BCUT2D eigenvalue weighted by atomic mass is 9.96. The van der Waals surface area contributed by atoms with E-state index in [-0.39, 0.29) is 6.04 Å². The van der Waals surface area contributed by atoms with Crippen molar-refractivity contribution in [3.05, 3.63) is 0 Å². The van der Waals surface area contributed by atoms with Gasteiger partial charge in [0.1, 0.15) is 5.54 Å². The van der Waals surface area contributed by atoms with Gasteiger partial charge in [-0.3, -0.25) is 10.1 Å². The largest absolute Gasteiger partial charge is 0.480 e. The number of carboxylic acid groups (broad SMARTS) is 1. The first kappa shape index (κ1) is 17.4. The average molecular weight is 259 g/mol. The Morgan fingerprint density at radius 1 is 1.22 bits per heavy atom. The van der Waals surface area contributed by atoms with Crippen molar-refractivity contribution in [3.8, 4) is 0 Å². The van der Waals surface area contributed by atoms with E-state index in [0.29, 0.717) is 6.42 Å². The van der Waals surface area contributed by atoms with Crippen molar-refractivity contribution in [2.24, 2.45) is 0 Å². The van der Waals surface area contributed by atoms with E-state index in [1.165, 1.54) is 0 Å². The molecule has 0 aliphatic carbocycles. The summed E-state index contributed by atoms with van der Waals surface area (Å²) in [6, 6.07) is 0.165. The molecule has 0 aromatic carbocycles. The number of rotatable bonds is 9. The van der Waals surface area contributed by atoms with Crippen molar-refractivity contribution >= 4 is 5.97 Å². The maximum absolute atomic E-state index is 11.3. The molecule has 1 atom stereocenters. The van der Waals surface area contributed by atoms with Gasteiger partial charge in [0.25, 0.3) is 0 Å². The summed E-state index contributed by atoms with van der Waals surface area (Å²) in [6.45, 7) is 8.40. The Morgan fingerprint density at radius 2 is 1.78 bits per heavy atom. The van der Waals surface area contributed by atoms with Crippen molar-refractivity contribution in [1.82, 2.24) is 15.1 Å². The Bertz CT molecular complexity index is 257. The number of nitrogens with one attached hydrogen (secondary N) is 1. The first-order valence-electron chi connectivity index (χ1n) is 6.51. The minimum absolute atomic E-state index is 0.165. The minimum atomic E-state index is -0.847. The molecule has 5 heteroatoms. The van der Waals surface area contributed by atoms with Crippen molar-refractivity contribution in [2.75, 3.05) is 40.8 Å². The van der Waals surface area contributed by atoms with Crippen LogP contribution < -0.4 is 5.32 Å². The maximum atomic E-state index is 11.3. The van der Waals surface area contributed by atoms with Crippen LogP contribution in [0.3, 0.4) is 0 Å². The number of aliphatic carboxylic acids is 1. The van der Waals surface area contributed by atoms with Crippen LogP contribution in [0.4, 0.5) is 0 Å². The van der Waals surface area contributed by atoms with E-state index in [0.717, 1.165) is 19.6 Å². The molecule has 0 bridgehead atoms. The van der Waals surface area contributed by atoms with E-state index in [4.69, 9.17) is 0 Å². The molecule has 0 fully saturated rings. The van der Waals surface area contributed by atoms with Crippen LogP contribution in [-0.4, -0.2) is 73.2 Å². The zero-order chi connectivity index (χ0) is 14.3. The standard InChI is InChI=1S/C13H29N3O2/c1-11(2)14-13(3,12(17)18)7-8-16(6)10-9-15(4)5/h11,14H,7-10H2,1-6H3,(H,17,18). The van der Waals surface area contributed by atoms with Gasteiger partial charge in [-0.05, 0) is 48.3 Å². The molecular formula is C13H29N3O2. The summed E-state index contributed by atoms with van der Waals surface area (Å²) in [6.07, 6.45) is 0.602. The second kappa shape index (κ2) is 7.71. The van der Waals surface area contributed by atoms with Crippen molar-refractivity contribution in [2.45, 2.75) is 38.8 Å². The average Bonchev–Trinajstić information content (AvgIpc) is 2.22. The highest BCUT2D eigenvalue weighted by molar-refractivity contribution is 5.78. The summed E-state index contributed by atoms with van der Waals surface area (Å²) in [5.74, 6) is -0.780. The SMILES string of the molecule is CC(C)NC(C)(CCN(C)CCN(C)C)C(=O)O. The summed E-state index contributed by atoms with van der Waals surface area (Å²) in [4.78, 5) is 15.6. The first-order valence-corrected chi connectivity index (χ1v) is 6.51. The molecule has 108 valence electrons. The van der Waals surface area contributed by atoms with Crippen LogP contribution in [-0.2, 0) is 4.79 Å². The highest BCUT2D eigenvalue weighted by Crippen LogP contribution is 2.12. The van der Waals surface area contributed by atoms with Gasteiger partial charge in [0.15, 0.2) is 0 Å². The van der Waals surface area contributed by atoms with Crippen LogP contribution in [0.25, 0.3) is 0 Å². The van der Waals surface area contributed by atoms with Crippen molar-refractivity contribution in [1.29, 1.82) is 0 Å². The van der Waals surface area contributed by atoms with Gasteiger partial charge in [0, 0.05) is 25.7 Å². The molecule has 0 aliphatic heterocycles. The van der Waals surface area contributed by atoms with Crippen LogP contribution in [0.5, 0.6) is 0 Å². The molecule has 2 N–H and O–H groups in total. The molecule has 0 saturated heterocycles. The maximum Gasteiger partial charge on any atom is 0.323 e. The Hall–Kier alpha value is -0.650. The smallest absolute Gasteiger partial charge is 0.323 e. The van der Waals surface area contributed by atoms with Crippen LogP contribution in [0.2, 0.25) is 0 Å². The fraction of sp³-hybridized carbons (Fsp3) is 0.923. The van der Waals surface area contributed by atoms with Gasteiger partial charge in [-0.2, -0.15) is 0 Å². The Morgan fingerprint density at radius 3 is 2.17 bits per heavy atom. The zero-order valence-electron chi connectivity index (χ0n) is 12.7. The molecule has 0 amide bonds. The molecular weight excluding hydrogens is 230 g/mol. The molecule has 0 saturated carbocycles.